The highest BCUT2D eigenvalue weighted by atomic mass is 32.2. The Morgan fingerprint density at radius 3 is 2.61 bits per heavy atom. The Morgan fingerprint density at radius 2 is 2.00 bits per heavy atom. The molecule has 2 amide bonds. The first-order valence-electron chi connectivity index (χ1n) is 7.47. The number of hydrogen-bond acceptors (Lipinski definition) is 3. The molecule has 0 saturated carbocycles. The molecule has 1 aromatic rings. The van der Waals surface area contributed by atoms with Crippen molar-refractivity contribution in [1.29, 1.82) is 0 Å². The lowest BCUT2D eigenvalue weighted by Gasteiger charge is -2.16. The Bertz CT molecular complexity index is 635. The number of nitrogens with one attached hydrogen (secondary N) is 2. The summed E-state index contributed by atoms with van der Waals surface area (Å²) in [5, 5.41) is 5.33. The molecule has 2 N–H and O–H groups in total. The predicted molar refractivity (Wildman–Crippen MR) is 88.1 cm³/mol. The maximum Gasteiger partial charge on any atom is 0.315 e. The lowest BCUT2D eigenvalue weighted by Crippen LogP contribution is -2.37. The molecule has 0 heterocycles. The van der Waals surface area contributed by atoms with Crippen LogP contribution in [0.1, 0.15) is 24.5 Å². The van der Waals surface area contributed by atoms with E-state index < -0.39 is 10.0 Å². The molecule has 0 aliphatic rings. The van der Waals surface area contributed by atoms with Gasteiger partial charge in [-0.2, -0.15) is 0 Å². The van der Waals surface area contributed by atoms with Crippen molar-refractivity contribution in [2.24, 2.45) is 0 Å². The SMILES string of the molecule is CCS(=O)(=O)N(C)CCCNC(=O)NCc1ccc(F)c(C)c1. The number of urea groups is 1. The van der Waals surface area contributed by atoms with E-state index in [0.29, 0.717) is 31.6 Å². The Morgan fingerprint density at radius 1 is 1.30 bits per heavy atom. The molecule has 0 atom stereocenters. The molecular weight excluding hydrogens is 321 g/mol. The highest BCUT2D eigenvalue weighted by Crippen LogP contribution is 2.08. The Hall–Kier alpha value is -1.67. The Balaban J connectivity index is 2.26. The summed E-state index contributed by atoms with van der Waals surface area (Å²) in [5.74, 6) is -0.210. The van der Waals surface area contributed by atoms with Crippen LogP contribution < -0.4 is 10.6 Å². The fourth-order valence-corrected chi connectivity index (χ4v) is 2.77. The molecule has 0 fully saturated rings. The van der Waals surface area contributed by atoms with E-state index in [1.807, 2.05) is 0 Å². The normalized spacial score (nSPS) is 11.5. The largest absolute Gasteiger partial charge is 0.338 e. The monoisotopic (exact) mass is 345 g/mol. The number of benzene rings is 1. The van der Waals surface area contributed by atoms with Gasteiger partial charge in [0, 0.05) is 26.7 Å². The molecule has 0 radical (unpaired) electrons. The van der Waals surface area contributed by atoms with E-state index in [-0.39, 0.29) is 17.6 Å². The molecule has 0 aliphatic carbocycles. The topological polar surface area (TPSA) is 78.5 Å². The summed E-state index contributed by atoms with van der Waals surface area (Å²) in [4.78, 5) is 11.6. The van der Waals surface area contributed by atoms with Gasteiger partial charge in [-0.05, 0) is 37.5 Å². The Labute approximate surface area is 137 Å². The second-order valence-corrected chi connectivity index (χ2v) is 7.63. The van der Waals surface area contributed by atoms with Crippen molar-refractivity contribution in [1.82, 2.24) is 14.9 Å². The first-order chi connectivity index (χ1) is 10.8. The van der Waals surface area contributed by atoms with Gasteiger partial charge in [-0.15, -0.1) is 0 Å². The minimum atomic E-state index is -3.18. The average Bonchev–Trinajstić information content (AvgIpc) is 2.52. The molecule has 1 rings (SSSR count). The smallest absolute Gasteiger partial charge is 0.315 e. The van der Waals surface area contributed by atoms with Crippen LogP contribution in [0.5, 0.6) is 0 Å². The molecule has 0 spiro atoms. The van der Waals surface area contributed by atoms with Crippen molar-refractivity contribution in [2.75, 3.05) is 25.9 Å². The van der Waals surface area contributed by atoms with Crippen molar-refractivity contribution < 1.29 is 17.6 Å². The van der Waals surface area contributed by atoms with Crippen molar-refractivity contribution in [3.8, 4) is 0 Å². The predicted octanol–water partition coefficient (Wildman–Crippen LogP) is 1.60. The van der Waals surface area contributed by atoms with Crippen molar-refractivity contribution in [3.63, 3.8) is 0 Å². The Kier molecular flexibility index (Phi) is 7.44. The average molecular weight is 345 g/mol. The van der Waals surface area contributed by atoms with Crippen LogP contribution >= 0.6 is 0 Å². The van der Waals surface area contributed by atoms with Gasteiger partial charge in [-0.1, -0.05) is 12.1 Å². The zero-order valence-corrected chi connectivity index (χ0v) is 14.5. The zero-order valence-electron chi connectivity index (χ0n) is 13.7. The maximum absolute atomic E-state index is 13.1. The van der Waals surface area contributed by atoms with Crippen LogP contribution in [-0.2, 0) is 16.6 Å². The van der Waals surface area contributed by atoms with Gasteiger partial charge in [0.05, 0.1) is 5.75 Å². The molecule has 0 bridgehead atoms. The third-order valence-corrected chi connectivity index (χ3v) is 5.31. The van der Waals surface area contributed by atoms with Gasteiger partial charge in [-0.3, -0.25) is 0 Å². The molecule has 6 nitrogen and oxygen atoms in total. The number of halogens is 1. The first kappa shape index (κ1) is 19.4. The van der Waals surface area contributed by atoms with E-state index >= 15 is 0 Å². The van der Waals surface area contributed by atoms with Crippen LogP contribution in [0, 0.1) is 12.7 Å². The number of aryl methyl sites for hydroxylation is 1. The standard InChI is InChI=1S/C15H24FN3O3S/c1-4-23(21,22)19(3)9-5-8-17-15(20)18-11-13-6-7-14(16)12(2)10-13/h6-7,10H,4-5,8-9,11H2,1-3H3,(H2,17,18,20). The number of rotatable bonds is 8. The van der Waals surface area contributed by atoms with Crippen LogP contribution in [0.25, 0.3) is 0 Å². The summed E-state index contributed by atoms with van der Waals surface area (Å²) in [6.07, 6.45) is 0.527. The summed E-state index contributed by atoms with van der Waals surface area (Å²) < 4.78 is 37.5. The molecule has 0 unspecified atom stereocenters. The molecule has 8 heteroatoms. The number of nitrogens with zero attached hydrogens (tertiary/aromatic N) is 1. The molecule has 0 aromatic heterocycles. The van der Waals surface area contributed by atoms with Crippen LogP contribution in [0.4, 0.5) is 9.18 Å². The molecule has 23 heavy (non-hydrogen) atoms. The van der Waals surface area contributed by atoms with E-state index in [0.717, 1.165) is 5.56 Å². The zero-order chi connectivity index (χ0) is 17.5. The number of sulfonamides is 1. The minimum absolute atomic E-state index is 0.0640. The molecule has 0 aliphatic heterocycles. The molecule has 0 saturated heterocycles. The van der Waals surface area contributed by atoms with Gasteiger partial charge in [0.2, 0.25) is 10.0 Å². The second kappa shape index (κ2) is 8.83. The number of hydrogen-bond donors (Lipinski definition) is 2. The summed E-state index contributed by atoms with van der Waals surface area (Å²) >= 11 is 0. The molecule has 130 valence electrons. The third kappa shape index (κ3) is 6.54. The third-order valence-electron chi connectivity index (χ3n) is 3.45. The summed E-state index contributed by atoms with van der Waals surface area (Å²) in [7, 11) is -1.65. The van der Waals surface area contributed by atoms with Crippen molar-refractivity contribution in [3.05, 3.63) is 35.1 Å². The quantitative estimate of drug-likeness (QED) is 0.703. The maximum atomic E-state index is 13.1. The van der Waals surface area contributed by atoms with E-state index in [1.165, 1.54) is 17.4 Å². The van der Waals surface area contributed by atoms with Crippen molar-refractivity contribution in [2.45, 2.75) is 26.8 Å². The summed E-state index contributed by atoms with van der Waals surface area (Å²) in [5.41, 5.74) is 1.35. The van der Waals surface area contributed by atoms with Crippen LogP contribution in [0.15, 0.2) is 18.2 Å². The van der Waals surface area contributed by atoms with Crippen LogP contribution in [0.3, 0.4) is 0 Å². The van der Waals surface area contributed by atoms with Gasteiger partial charge < -0.3 is 10.6 Å². The van der Waals surface area contributed by atoms with E-state index in [1.54, 1.807) is 26.0 Å². The summed E-state index contributed by atoms with van der Waals surface area (Å²) in [6, 6.07) is 4.33. The number of amides is 2. The molecular formula is C15H24FN3O3S. The van der Waals surface area contributed by atoms with Gasteiger partial charge in [0.1, 0.15) is 5.82 Å². The fourth-order valence-electron chi connectivity index (χ4n) is 1.92. The highest BCUT2D eigenvalue weighted by molar-refractivity contribution is 7.89. The lowest BCUT2D eigenvalue weighted by atomic mass is 10.1. The van der Waals surface area contributed by atoms with Gasteiger partial charge >= 0.3 is 6.03 Å². The fraction of sp³-hybridized carbons (Fsp3) is 0.533. The van der Waals surface area contributed by atoms with Crippen molar-refractivity contribution >= 4 is 16.1 Å². The first-order valence-corrected chi connectivity index (χ1v) is 9.08. The van der Waals surface area contributed by atoms with E-state index in [2.05, 4.69) is 10.6 Å². The van der Waals surface area contributed by atoms with E-state index in [4.69, 9.17) is 0 Å². The van der Waals surface area contributed by atoms with Crippen LogP contribution in [-0.4, -0.2) is 44.6 Å². The van der Waals surface area contributed by atoms with E-state index in [9.17, 15) is 17.6 Å². The lowest BCUT2D eigenvalue weighted by molar-refractivity contribution is 0.240. The number of carbonyl (C=O) groups is 1. The van der Waals surface area contributed by atoms with Gasteiger partial charge in [0.25, 0.3) is 0 Å². The summed E-state index contributed by atoms with van der Waals surface area (Å²) in [6.45, 7) is 4.29. The minimum Gasteiger partial charge on any atom is -0.338 e. The molecule has 1 aromatic carbocycles. The number of carbonyl (C=O) groups excluding carboxylic acids is 1. The second-order valence-electron chi connectivity index (χ2n) is 5.27. The van der Waals surface area contributed by atoms with Crippen LogP contribution in [0.2, 0.25) is 0 Å². The van der Waals surface area contributed by atoms with Gasteiger partial charge in [-0.25, -0.2) is 21.9 Å². The van der Waals surface area contributed by atoms with Gasteiger partial charge in [0.15, 0.2) is 0 Å². The highest BCUT2D eigenvalue weighted by Gasteiger charge is 2.14.